The number of nitrogens with one attached hydrogen (secondary N) is 2. The Morgan fingerprint density at radius 2 is 2.00 bits per heavy atom. The number of imidazole rings is 1. The lowest BCUT2D eigenvalue weighted by Gasteiger charge is -2.20. The predicted molar refractivity (Wildman–Crippen MR) is 93.7 cm³/mol. The molecule has 1 atom stereocenters. The summed E-state index contributed by atoms with van der Waals surface area (Å²) >= 11 is 0. The number of halogens is 3. The van der Waals surface area contributed by atoms with E-state index in [0.29, 0.717) is 28.2 Å². The fourth-order valence-electron chi connectivity index (χ4n) is 2.62. The van der Waals surface area contributed by atoms with Crippen LogP contribution in [-0.2, 0) is 6.18 Å². The normalized spacial score (nSPS) is 13.3. The number of rotatable bonds is 5. The van der Waals surface area contributed by atoms with Crippen LogP contribution in [0.2, 0.25) is 0 Å². The molecule has 0 amide bonds. The molecule has 0 saturated heterocycles. The molecule has 0 spiro atoms. The molecule has 0 unspecified atom stereocenters. The van der Waals surface area contributed by atoms with Crippen molar-refractivity contribution in [1.82, 2.24) is 15.0 Å². The van der Waals surface area contributed by atoms with Gasteiger partial charge in [-0.15, -0.1) is 0 Å². The molecule has 0 bridgehead atoms. The molecule has 3 aromatic rings. The molecule has 3 N–H and O–H groups in total. The van der Waals surface area contributed by atoms with Gasteiger partial charge < -0.3 is 15.4 Å². The lowest BCUT2D eigenvalue weighted by atomic mass is 10.1. The number of aliphatic hydroxyl groups is 1. The van der Waals surface area contributed by atoms with Crippen LogP contribution in [0.4, 0.5) is 19.0 Å². The van der Waals surface area contributed by atoms with Gasteiger partial charge in [0.1, 0.15) is 11.3 Å². The molecule has 2 aromatic heterocycles. The molecule has 1 aromatic carbocycles. The Morgan fingerprint density at radius 1 is 1.23 bits per heavy atom. The van der Waals surface area contributed by atoms with Gasteiger partial charge in [-0.3, -0.25) is 0 Å². The summed E-state index contributed by atoms with van der Waals surface area (Å²) in [5.74, 6) is 0.968. The molecule has 0 saturated carbocycles. The van der Waals surface area contributed by atoms with Gasteiger partial charge in [-0.25, -0.2) is 9.97 Å². The van der Waals surface area contributed by atoms with E-state index in [2.05, 4.69) is 20.3 Å². The van der Waals surface area contributed by atoms with Crippen LogP contribution in [-0.4, -0.2) is 32.7 Å². The molecule has 5 nitrogen and oxygen atoms in total. The fraction of sp³-hybridized carbons (Fsp3) is 0.333. The van der Waals surface area contributed by atoms with Crippen LogP contribution in [0, 0.1) is 5.92 Å². The van der Waals surface area contributed by atoms with Crippen LogP contribution in [0.25, 0.3) is 22.4 Å². The number of aromatic nitrogens is 3. The van der Waals surface area contributed by atoms with Crippen LogP contribution in [0.5, 0.6) is 0 Å². The first-order valence-corrected chi connectivity index (χ1v) is 8.19. The lowest BCUT2D eigenvalue weighted by Crippen LogP contribution is -2.29. The number of H-pyrrole nitrogens is 1. The van der Waals surface area contributed by atoms with E-state index >= 15 is 0 Å². The number of aliphatic hydroxyl groups excluding tert-OH is 1. The third-order valence-corrected chi connectivity index (χ3v) is 4.19. The first kappa shape index (κ1) is 18.2. The molecule has 3 rings (SSSR count). The van der Waals surface area contributed by atoms with Gasteiger partial charge in [0.05, 0.1) is 23.7 Å². The van der Waals surface area contributed by atoms with Crippen molar-refractivity contribution >= 4 is 16.9 Å². The average molecular weight is 364 g/mol. The molecular weight excluding hydrogens is 345 g/mol. The lowest BCUT2D eigenvalue weighted by molar-refractivity contribution is -0.137. The third-order valence-electron chi connectivity index (χ3n) is 4.19. The summed E-state index contributed by atoms with van der Waals surface area (Å²) in [5, 5.41) is 12.6. The Morgan fingerprint density at radius 3 is 2.65 bits per heavy atom. The summed E-state index contributed by atoms with van der Waals surface area (Å²) in [5.41, 5.74) is 0.769. The van der Waals surface area contributed by atoms with E-state index in [4.69, 9.17) is 0 Å². The second-order valence-electron chi connectivity index (χ2n) is 6.40. The molecule has 0 radical (unpaired) electrons. The van der Waals surface area contributed by atoms with Gasteiger partial charge in [0.15, 0.2) is 5.82 Å². The monoisotopic (exact) mass is 364 g/mol. The van der Waals surface area contributed by atoms with Gasteiger partial charge in [-0.2, -0.15) is 13.2 Å². The second-order valence-corrected chi connectivity index (χ2v) is 6.40. The Bertz CT molecular complexity index is 905. The summed E-state index contributed by atoms with van der Waals surface area (Å²) in [4.78, 5) is 11.7. The minimum absolute atomic E-state index is 0.0688. The zero-order valence-corrected chi connectivity index (χ0v) is 14.3. The number of benzene rings is 1. The maximum Gasteiger partial charge on any atom is 0.416 e. The summed E-state index contributed by atoms with van der Waals surface area (Å²) in [6.07, 6.45) is -2.84. The van der Waals surface area contributed by atoms with Crippen molar-refractivity contribution in [2.45, 2.75) is 26.1 Å². The highest BCUT2D eigenvalue weighted by Gasteiger charge is 2.30. The number of fused-ring (bicyclic) bond motifs is 1. The Balaban J connectivity index is 2.01. The van der Waals surface area contributed by atoms with Crippen LogP contribution in [0.3, 0.4) is 0 Å². The summed E-state index contributed by atoms with van der Waals surface area (Å²) in [7, 11) is 0. The van der Waals surface area contributed by atoms with E-state index in [0.717, 1.165) is 12.1 Å². The highest BCUT2D eigenvalue weighted by atomic mass is 19.4. The number of hydrogen-bond acceptors (Lipinski definition) is 4. The van der Waals surface area contributed by atoms with Crippen molar-refractivity contribution < 1.29 is 18.3 Å². The highest BCUT2D eigenvalue weighted by Crippen LogP contribution is 2.32. The van der Waals surface area contributed by atoms with E-state index in [1.54, 1.807) is 18.3 Å². The quantitative estimate of drug-likeness (QED) is 0.638. The van der Waals surface area contributed by atoms with Crippen LogP contribution < -0.4 is 5.32 Å². The third kappa shape index (κ3) is 3.65. The van der Waals surface area contributed by atoms with E-state index in [-0.39, 0.29) is 18.6 Å². The number of aromatic amines is 1. The molecular formula is C18H19F3N4O. The van der Waals surface area contributed by atoms with E-state index in [9.17, 15) is 18.3 Å². The van der Waals surface area contributed by atoms with E-state index < -0.39 is 11.7 Å². The van der Waals surface area contributed by atoms with Gasteiger partial charge in [0.2, 0.25) is 0 Å². The van der Waals surface area contributed by atoms with Crippen molar-refractivity contribution in [1.29, 1.82) is 0 Å². The summed E-state index contributed by atoms with van der Waals surface area (Å²) < 4.78 is 38.8. The number of alkyl halides is 3. The van der Waals surface area contributed by atoms with Crippen molar-refractivity contribution in [2.24, 2.45) is 5.92 Å². The number of anilines is 1. The summed E-state index contributed by atoms with van der Waals surface area (Å²) in [6.45, 7) is 3.86. The van der Waals surface area contributed by atoms with Gasteiger partial charge in [-0.1, -0.05) is 26.0 Å². The Kier molecular flexibility index (Phi) is 4.86. The number of pyridine rings is 1. The molecule has 0 aliphatic carbocycles. The molecule has 138 valence electrons. The van der Waals surface area contributed by atoms with Crippen LogP contribution in [0.1, 0.15) is 19.4 Å². The summed E-state index contributed by atoms with van der Waals surface area (Å²) in [6, 6.07) is 6.50. The maximum absolute atomic E-state index is 12.9. The van der Waals surface area contributed by atoms with Crippen molar-refractivity contribution in [3.63, 3.8) is 0 Å². The van der Waals surface area contributed by atoms with Gasteiger partial charge >= 0.3 is 6.18 Å². The standard InChI is InChI=1S/C18H19F3N4O/c1-10(2)14(9-26)24-17-15-13(6-7-22-17)23-16(25-15)11-4-3-5-12(8-11)18(19,20)21/h3-8,10,14,26H,9H2,1-2H3,(H,22,24)(H,23,25)/t14-/m1/s1. The van der Waals surface area contributed by atoms with Crippen molar-refractivity contribution in [3.05, 3.63) is 42.1 Å². The molecule has 0 aliphatic rings. The smallest absolute Gasteiger partial charge is 0.394 e. The topological polar surface area (TPSA) is 73.8 Å². The maximum atomic E-state index is 12.9. The SMILES string of the molecule is CC(C)[C@@H](CO)Nc1nccc2[nH]c(-c3cccc(C(F)(F)F)c3)nc12. The van der Waals surface area contributed by atoms with E-state index in [1.807, 2.05) is 13.8 Å². The molecule has 8 heteroatoms. The van der Waals surface area contributed by atoms with Crippen molar-refractivity contribution in [2.75, 3.05) is 11.9 Å². The van der Waals surface area contributed by atoms with Crippen LogP contribution >= 0.6 is 0 Å². The molecule has 0 aliphatic heterocycles. The first-order valence-electron chi connectivity index (χ1n) is 8.19. The molecule has 26 heavy (non-hydrogen) atoms. The van der Waals surface area contributed by atoms with Crippen molar-refractivity contribution in [3.8, 4) is 11.4 Å². The minimum Gasteiger partial charge on any atom is -0.394 e. The largest absolute Gasteiger partial charge is 0.416 e. The number of nitrogens with zero attached hydrogens (tertiary/aromatic N) is 2. The second kappa shape index (κ2) is 6.95. The fourth-order valence-corrected chi connectivity index (χ4v) is 2.62. The van der Waals surface area contributed by atoms with Crippen LogP contribution in [0.15, 0.2) is 36.5 Å². The van der Waals surface area contributed by atoms with E-state index in [1.165, 1.54) is 6.07 Å². The zero-order chi connectivity index (χ0) is 18.9. The first-order chi connectivity index (χ1) is 12.3. The minimum atomic E-state index is -4.41. The molecule has 0 fully saturated rings. The Labute approximate surface area is 148 Å². The Hall–Kier alpha value is -2.61. The average Bonchev–Trinajstić information content (AvgIpc) is 3.03. The zero-order valence-electron chi connectivity index (χ0n) is 14.3. The van der Waals surface area contributed by atoms with Gasteiger partial charge in [0, 0.05) is 11.8 Å². The van der Waals surface area contributed by atoms with Gasteiger partial charge in [0.25, 0.3) is 0 Å². The number of hydrogen-bond donors (Lipinski definition) is 3. The highest BCUT2D eigenvalue weighted by molar-refractivity contribution is 5.88. The van der Waals surface area contributed by atoms with Gasteiger partial charge in [-0.05, 0) is 24.1 Å². The molecule has 2 heterocycles. The predicted octanol–water partition coefficient (Wildman–Crippen LogP) is 4.07.